The number of halogens is 1. The minimum absolute atomic E-state index is 0.0717. The Labute approximate surface area is 101 Å². The molecule has 1 aromatic rings. The lowest BCUT2D eigenvalue weighted by molar-refractivity contribution is 0.283. The molecular weight excluding hydrogens is 219 g/mol. The number of rotatable bonds is 6. The van der Waals surface area contributed by atoms with Crippen LogP contribution in [0.5, 0.6) is 0 Å². The Hall–Kier alpha value is -1.60. The highest BCUT2D eigenvalue weighted by atomic mass is 19.1. The largest absolute Gasteiger partial charge is 0.396 e. The molecule has 0 spiro atoms. The van der Waals surface area contributed by atoms with Crippen LogP contribution in [0.3, 0.4) is 0 Å². The molecular formula is C13H17FN2O. The normalized spacial score (nSPS) is 10.0. The van der Waals surface area contributed by atoms with Crippen molar-refractivity contribution in [3.63, 3.8) is 0 Å². The molecule has 0 unspecified atom stereocenters. The molecule has 1 aromatic carbocycles. The van der Waals surface area contributed by atoms with Gasteiger partial charge in [-0.1, -0.05) is 0 Å². The molecule has 0 aliphatic rings. The molecule has 1 rings (SSSR count). The first-order valence-electron chi connectivity index (χ1n) is 5.70. The Morgan fingerprint density at radius 2 is 2.12 bits per heavy atom. The molecule has 0 aliphatic heterocycles. The Bertz CT molecular complexity index is 401. The van der Waals surface area contributed by atoms with Gasteiger partial charge in [0.2, 0.25) is 0 Å². The smallest absolute Gasteiger partial charge is 0.143 e. The fraction of sp³-hybridized carbons (Fsp3) is 0.462. The molecule has 0 fully saturated rings. The van der Waals surface area contributed by atoms with Crippen molar-refractivity contribution in [1.29, 1.82) is 5.26 Å². The fourth-order valence-electron chi connectivity index (χ4n) is 1.60. The van der Waals surface area contributed by atoms with Crippen molar-refractivity contribution in [3.05, 3.63) is 29.6 Å². The second-order valence-corrected chi connectivity index (χ2v) is 3.98. The molecule has 1 N–H and O–H groups in total. The average molecular weight is 236 g/mol. The zero-order chi connectivity index (χ0) is 12.7. The molecule has 0 saturated heterocycles. The van der Waals surface area contributed by atoms with Gasteiger partial charge in [-0.15, -0.1) is 0 Å². The van der Waals surface area contributed by atoms with E-state index in [9.17, 15) is 4.39 Å². The molecule has 3 nitrogen and oxygen atoms in total. The van der Waals surface area contributed by atoms with Gasteiger partial charge < -0.3 is 10.0 Å². The summed E-state index contributed by atoms with van der Waals surface area (Å²) in [4.78, 5) is 1.95. The molecule has 0 radical (unpaired) electrons. The van der Waals surface area contributed by atoms with Gasteiger partial charge in [0.15, 0.2) is 0 Å². The van der Waals surface area contributed by atoms with Crippen LogP contribution in [0, 0.1) is 17.1 Å². The molecule has 17 heavy (non-hydrogen) atoms. The third-order valence-electron chi connectivity index (χ3n) is 2.67. The maximum atomic E-state index is 13.4. The van der Waals surface area contributed by atoms with E-state index in [0.29, 0.717) is 0 Å². The van der Waals surface area contributed by atoms with Gasteiger partial charge in [0.05, 0.1) is 5.56 Å². The summed E-state index contributed by atoms with van der Waals surface area (Å²) in [6.45, 7) is 1.03. The SMILES string of the molecule is CN(CCCCCO)c1ccc(C#N)c(F)c1. The third kappa shape index (κ3) is 4.04. The molecule has 0 atom stereocenters. The van der Waals surface area contributed by atoms with E-state index >= 15 is 0 Å². The molecule has 92 valence electrons. The number of aliphatic hydroxyl groups is 1. The molecule has 0 saturated carbocycles. The monoisotopic (exact) mass is 236 g/mol. The van der Waals surface area contributed by atoms with Gasteiger partial charge in [0.25, 0.3) is 0 Å². The van der Waals surface area contributed by atoms with Gasteiger partial charge in [0.1, 0.15) is 11.9 Å². The third-order valence-corrected chi connectivity index (χ3v) is 2.67. The fourth-order valence-corrected chi connectivity index (χ4v) is 1.60. The van der Waals surface area contributed by atoms with Crippen LogP contribution in [0.2, 0.25) is 0 Å². The van der Waals surface area contributed by atoms with E-state index in [1.165, 1.54) is 12.1 Å². The number of nitriles is 1. The minimum atomic E-state index is -0.479. The lowest BCUT2D eigenvalue weighted by Crippen LogP contribution is -2.18. The predicted molar refractivity (Wildman–Crippen MR) is 65.3 cm³/mol. The van der Waals surface area contributed by atoms with E-state index in [0.717, 1.165) is 31.5 Å². The highest BCUT2D eigenvalue weighted by Crippen LogP contribution is 2.17. The summed E-state index contributed by atoms with van der Waals surface area (Å²) in [6, 6.07) is 6.42. The van der Waals surface area contributed by atoms with E-state index in [1.807, 2.05) is 11.9 Å². The van der Waals surface area contributed by atoms with Gasteiger partial charge in [-0.3, -0.25) is 0 Å². The van der Waals surface area contributed by atoms with Crippen LogP contribution in [-0.4, -0.2) is 25.3 Å². The first-order chi connectivity index (χ1) is 8.19. The molecule has 0 heterocycles. The van der Waals surface area contributed by atoms with Gasteiger partial charge >= 0.3 is 0 Å². The second kappa shape index (κ2) is 6.87. The summed E-state index contributed by atoms with van der Waals surface area (Å²) in [6.07, 6.45) is 2.72. The number of anilines is 1. The average Bonchev–Trinajstić information content (AvgIpc) is 2.34. The standard InChI is InChI=1S/C13H17FN2O/c1-16(7-3-2-4-8-17)12-6-5-11(10-15)13(14)9-12/h5-6,9,17H,2-4,7-8H2,1H3. The minimum Gasteiger partial charge on any atom is -0.396 e. The van der Waals surface area contributed by atoms with Crippen molar-refractivity contribution >= 4 is 5.69 Å². The lowest BCUT2D eigenvalue weighted by atomic mass is 10.2. The van der Waals surface area contributed by atoms with E-state index in [1.54, 1.807) is 12.1 Å². The quantitative estimate of drug-likeness (QED) is 0.771. The number of nitrogens with zero attached hydrogens (tertiary/aromatic N) is 2. The summed E-state index contributed by atoms with van der Waals surface area (Å²) in [7, 11) is 1.89. The van der Waals surface area contributed by atoms with E-state index in [2.05, 4.69) is 0 Å². The summed E-state index contributed by atoms with van der Waals surface area (Å²) < 4.78 is 13.4. The van der Waals surface area contributed by atoms with Crippen LogP contribution in [0.25, 0.3) is 0 Å². The molecule has 0 aliphatic carbocycles. The summed E-state index contributed by atoms with van der Waals surface area (Å²) in [5.74, 6) is -0.479. The van der Waals surface area contributed by atoms with Crippen molar-refractivity contribution in [1.82, 2.24) is 0 Å². The van der Waals surface area contributed by atoms with Crippen LogP contribution >= 0.6 is 0 Å². The Kier molecular flexibility index (Phi) is 5.44. The van der Waals surface area contributed by atoms with E-state index in [-0.39, 0.29) is 12.2 Å². The molecule has 0 bridgehead atoms. The predicted octanol–water partition coefficient (Wildman–Crippen LogP) is 2.30. The number of aliphatic hydroxyl groups excluding tert-OH is 1. The molecule has 0 amide bonds. The first-order valence-corrected chi connectivity index (χ1v) is 5.70. The van der Waals surface area contributed by atoms with Gasteiger partial charge in [-0.2, -0.15) is 5.26 Å². The summed E-state index contributed by atoms with van der Waals surface area (Å²) in [5, 5.41) is 17.3. The van der Waals surface area contributed by atoms with E-state index in [4.69, 9.17) is 10.4 Å². The van der Waals surface area contributed by atoms with Crippen LogP contribution in [0.15, 0.2) is 18.2 Å². The number of unbranched alkanes of at least 4 members (excludes halogenated alkanes) is 2. The molecule has 0 aromatic heterocycles. The Balaban J connectivity index is 2.55. The lowest BCUT2D eigenvalue weighted by Gasteiger charge is -2.19. The van der Waals surface area contributed by atoms with Crippen molar-refractivity contribution in [2.45, 2.75) is 19.3 Å². The Morgan fingerprint density at radius 3 is 2.71 bits per heavy atom. The maximum Gasteiger partial charge on any atom is 0.143 e. The first kappa shape index (κ1) is 13.5. The van der Waals surface area contributed by atoms with Gasteiger partial charge in [-0.05, 0) is 37.5 Å². The van der Waals surface area contributed by atoms with Crippen LogP contribution in [-0.2, 0) is 0 Å². The molecule has 4 heteroatoms. The van der Waals surface area contributed by atoms with Crippen molar-refractivity contribution in [2.24, 2.45) is 0 Å². The summed E-state index contributed by atoms with van der Waals surface area (Å²) in [5.41, 5.74) is 0.841. The zero-order valence-electron chi connectivity index (χ0n) is 9.99. The number of hydrogen-bond donors (Lipinski definition) is 1. The van der Waals surface area contributed by atoms with Crippen molar-refractivity contribution in [3.8, 4) is 6.07 Å². The van der Waals surface area contributed by atoms with Crippen LogP contribution < -0.4 is 4.90 Å². The topological polar surface area (TPSA) is 47.3 Å². The maximum absolute atomic E-state index is 13.4. The van der Waals surface area contributed by atoms with Crippen LogP contribution in [0.4, 0.5) is 10.1 Å². The van der Waals surface area contributed by atoms with Crippen molar-refractivity contribution in [2.75, 3.05) is 25.1 Å². The number of benzene rings is 1. The zero-order valence-corrected chi connectivity index (χ0v) is 9.99. The van der Waals surface area contributed by atoms with Crippen LogP contribution in [0.1, 0.15) is 24.8 Å². The van der Waals surface area contributed by atoms with Gasteiger partial charge in [-0.25, -0.2) is 4.39 Å². The highest BCUT2D eigenvalue weighted by molar-refractivity contribution is 5.49. The van der Waals surface area contributed by atoms with Gasteiger partial charge in [0, 0.05) is 25.9 Å². The summed E-state index contributed by atoms with van der Waals surface area (Å²) >= 11 is 0. The van der Waals surface area contributed by atoms with E-state index < -0.39 is 5.82 Å². The van der Waals surface area contributed by atoms with Crippen molar-refractivity contribution < 1.29 is 9.50 Å². The number of hydrogen-bond acceptors (Lipinski definition) is 3. The second-order valence-electron chi connectivity index (χ2n) is 3.98. The highest BCUT2D eigenvalue weighted by Gasteiger charge is 2.05. The Morgan fingerprint density at radius 1 is 1.35 bits per heavy atom.